The number of hydrogen-bond acceptors (Lipinski definition) is 4. The third-order valence-electron chi connectivity index (χ3n) is 5.52. The van der Waals surface area contributed by atoms with Crippen molar-refractivity contribution in [2.75, 3.05) is 14.1 Å². The van der Waals surface area contributed by atoms with Crippen LogP contribution in [0.25, 0.3) is 0 Å². The van der Waals surface area contributed by atoms with E-state index in [-0.39, 0.29) is 11.6 Å². The largest absolute Gasteiger partial charge is 0.416 e. The molecule has 0 heterocycles. The molecule has 2 atom stereocenters. The Balaban J connectivity index is 1.76. The minimum absolute atomic E-state index is 0.0127. The van der Waals surface area contributed by atoms with Crippen LogP contribution in [-0.2, 0) is 25.6 Å². The lowest BCUT2D eigenvalue weighted by atomic mass is 9.86. The molecule has 0 aliphatic heterocycles. The molecule has 0 saturated carbocycles. The Labute approximate surface area is 179 Å². The van der Waals surface area contributed by atoms with Crippen LogP contribution in [0.3, 0.4) is 0 Å². The van der Waals surface area contributed by atoms with Gasteiger partial charge in [0.05, 0.1) is 5.56 Å². The number of benzene rings is 2. The number of carbonyl (C=O) groups excluding carboxylic acids is 1. The number of carbonyl (C=O) groups is 1. The van der Waals surface area contributed by atoms with E-state index in [1.807, 2.05) is 18.2 Å². The maximum Gasteiger partial charge on any atom is 0.416 e. The Hall–Kier alpha value is -2.74. The van der Waals surface area contributed by atoms with Crippen LogP contribution in [0.2, 0.25) is 0 Å². The highest BCUT2D eigenvalue weighted by Gasteiger charge is 2.32. The first-order valence-electron chi connectivity index (χ1n) is 10.2. The lowest BCUT2D eigenvalue weighted by molar-refractivity contribution is -0.137. The van der Waals surface area contributed by atoms with Crippen molar-refractivity contribution in [3.05, 3.63) is 74.7 Å². The number of nitrogens with one attached hydrogen (secondary N) is 1. The van der Waals surface area contributed by atoms with E-state index in [4.69, 9.17) is 0 Å². The van der Waals surface area contributed by atoms with Gasteiger partial charge in [-0.2, -0.15) is 18.1 Å². The van der Waals surface area contributed by atoms with Crippen molar-refractivity contribution < 1.29 is 18.0 Å². The lowest BCUT2D eigenvalue weighted by Gasteiger charge is -2.26. The molecule has 1 amide bonds. The van der Waals surface area contributed by atoms with Crippen molar-refractivity contribution >= 4 is 5.91 Å². The van der Waals surface area contributed by atoms with Crippen molar-refractivity contribution in [1.29, 1.82) is 0 Å². The molecule has 2 aromatic rings. The fourth-order valence-electron chi connectivity index (χ4n) is 3.93. The molecule has 0 spiro atoms. The summed E-state index contributed by atoms with van der Waals surface area (Å²) in [5, 5.41) is 5.95. The van der Waals surface area contributed by atoms with E-state index in [9.17, 15) is 22.9 Å². The number of rotatable bonds is 6. The summed E-state index contributed by atoms with van der Waals surface area (Å²) in [4.78, 5) is 25.3. The number of alkyl halides is 3. The predicted molar refractivity (Wildman–Crippen MR) is 113 cm³/mol. The second-order valence-corrected chi connectivity index (χ2v) is 8.38. The van der Waals surface area contributed by atoms with Crippen molar-refractivity contribution in [1.82, 2.24) is 10.2 Å². The van der Waals surface area contributed by atoms with E-state index in [2.05, 4.69) is 10.5 Å². The third kappa shape index (κ3) is 5.70. The van der Waals surface area contributed by atoms with Gasteiger partial charge in [0.15, 0.2) is 0 Å². The van der Waals surface area contributed by atoms with Crippen LogP contribution in [-0.4, -0.2) is 30.9 Å². The van der Waals surface area contributed by atoms with Crippen LogP contribution in [0.5, 0.6) is 0 Å². The highest BCUT2D eigenvalue weighted by molar-refractivity contribution is 5.94. The Bertz CT molecular complexity index is 973. The standard InChI is InChI=1S/C23H26F3N3O2/c1-14(28-31)16-4-5-18-12-21(7-6-17(18)10-16)27-22(30)19-8-15(13-29(2)3)9-20(11-19)23(24,25)26/h4-5,8-11,14,21H,6-7,12-13H2,1-3H3,(H,27,30). The Morgan fingerprint density at radius 3 is 2.58 bits per heavy atom. The number of nitrogens with zero attached hydrogens (tertiary/aromatic N) is 2. The van der Waals surface area contributed by atoms with E-state index in [1.54, 1.807) is 25.9 Å². The average molecular weight is 433 g/mol. The van der Waals surface area contributed by atoms with Gasteiger partial charge in [0, 0.05) is 18.2 Å². The molecule has 2 aromatic carbocycles. The first-order valence-corrected chi connectivity index (χ1v) is 10.2. The van der Waals surface area contributed by atoms with Gasteiger partial charge in [-0.15, -0.1) is 0 Å². The van der Waals surface area contributed by atoms with E-state index in [0.29, 0.717) is 31.4 Å². The molecule has 0 aromatic heterocycles. The molecule has 166 valence electrons. The third-order valence-corrected chi connectivity index (χ3v) is 5.52. The van der Waals surface area contributed by atoms with Gasteiger partial charge in [-0.3, -0.25) is 4.79 Å². The topological polar surface area (TPSA) is 61.8 Å². The molecule has 8 heteroatoms. The van der Waals surface area contributed by atoms with Crippen LogP contribution in [0.15, 0.2) is 41.6 Å². The zero-order valence-corrected chi connectivity index (χ0v) is 17.8. The normalized spacial score (nSPS) is 17.2. The fraction of sp³-hybridized carbons (Fsp3) is 0.435. The van der Waals surface area contributed by atoms with Crippen molar-refractivity contribution in [3.63, 3.8) is 0 Å². The molecule has 2 unspecified atom stereocenters. The number of halogens is 3. The predicted octanol–water partition coefficient (Wildman–Crippen LogP) is 4.88. The summed E-state index contributed by atoms with van der Waals surface area (Å²) in [5.41, 5.74) is 2.66. The van der Waals surface area contributed by atoms with Gasteiger partial charge in [0.25, 0.3) is 5.91 Å². The molecule has 1 N–H and O–H groups in total. The molecule has 3 rings (SSSR count). The summed E-state index contributed by atoms with van der Waals surface area (Å²) in [5.74, 6) is -0.505. The van der Waals surface area contributed by atoms with Crippen LogP contribution >= 0.6 is 0 Å². The van der Waals surface area contributed by atoms with Crippen molar-refractivity contribution in [2.45, 2.75) is 51.0 Å². The van der Waals surface area contributed by atoms with Gasteiger partial charge >= 0.3 is 6.18 Å². The number of amides is 1. The van der Waals surface area contributed by atoms with E-state index < -0.39 is 23.7 Å². The number of fused-ring (bicyclic) bond motifs is 1. The summed E-state index contributed by atoms with van der Waals surface area (Å²) < 4.78 is 39.9. The van der Waals surface area contributed by atoms with Crippen LogP contribution < -0.4 is 5.32 Å². The van der Waals surface area contributed by atoms with Crippen LogP contribution in [0.1, 0.15) is 57.6 Å². The second kappa shape index (κ2) is 9.18. The van der Waals surface area contributed by atoms with E-state index in [0.717, 1.165) is 28.8 Å². The average Bonchev–Trinajstić information content (AvgIpc) is 2.71. The van der Waals surface area contributed by atoms with Gasteiger partial charge in [-0.1, -0.05) is 23.4 Å². The Kier molecular flexibility index (Phi) is 6.79. The zero-order chi connectivity index (χ0) is 22.8. The first-order chi connectivity index (χ1) is 14.6. The highest BCUT2D eigenvalue weighted by atomic mass is 19.4. The molecule has 0 radical (unpaired) electrons. The molecule has 5 nitrogen and oxygen atoms in total. The SMILES string of the molecule is CC(N=O)c1ccc2c(c1)CCC(NC(=O)c1cc(CN(C)C)cc(C(F)(F)F)c1)C2. The maximum absolute atomic E-state index is 13.3. The van der Waals surface area contributed by atoms with E-state index >= 15 is 0 Å². The van der Waals surface area contributed by atoms with Gasteiger partial charge in [-0.05, 0) is 80.7 Å². The fourth-order valence-corrected chi connectivity index (χ4v) is 3.93. The smallest absolute Gasteiger partial charge is 0.349 e. The molecule has 31 heavy (non-hydrogen) atoms. The maximum atomic E-state index is 13.3. The monoisotopic (exact) mass is 433 g/mol. The first kappa shape index (κ1) is 22.9. The van der Waals surface area contributed by atoms with E-state index in [1.165, 1.54) is 6.07 Å². The van der Waals surface area contributed by atoms with Gasteiger partial charge < -0.3 is 10.2 Å². The molecular weight excluding hydrogens is 407 g/mol. The Morgan fingerprint density at radius 2 is 1.94 bits per heavy atom. The molecule has 0 fully saturated rings. The van der Waals surface area contributed by atoms with Crippen molar-refractivity contribution in [2.24, 2.45) is 5.18 Å². The molecule has 1 aliphatic rings. The Morgan fingerprint density at radius 1 is 1.19 bits per heavy atom. The van der Waals surface area contributed by atoms with Gasteiger partial charge in [-0.25, -0.2) is 0 Å². The second-order valence-electron chi connectivity index (χ2n) is 8.38. The van der Waals surface area contributed by atoms with Crippen LogP contribution in [0.4, 0.5) is 13.2 Å². The summed E-state index contributed by atoms with van der Waals surface area (Å²) >= 11 is 0. The summed E-state index contributed by atoms with van der Waals surface area (Å²) in [7, 11) is 3.52. The number of aryl methyl sites for hydroxylation is 1. The molecule has 1 aliphatic carbocycles. The van der Waals surface area contributed by atoms with Gasteiger partial charge in [0.2, 0.25) is 0 Å². The summed E-state index contributed by atoms with van der Waals surface area (Å²) in [6.07, 6.45) is -2.54. The minimum atomic E-state index is -4.52. The zero-order valence-electron chi connectivity index (χ0n) is 17.8. The number of hydrogen-bond donors (Lipinski definition) is 1. The van der Waals surface area contributed by atoms with Gasteiger partial charge in [0.1, 0.15) is 6.04 Å². The molecular formula is C23H26F3N3O2. The minimum Gasteiger partial charge on any atom is -0.349 e. The summed E-state index contributed by atoms with van der Waals surface area (Å²) in [6, 6.07) is 8.69. The van der Waals surface area contributed by atoms with Crippen LogP contribution in [0, 0.1) is 4.91 Å². The highest BCUT2D eigenvalue weighted by Crippen LogP contribution is 2.31. The molecule has 0 saturated heterocycles. The summed E-state index contributed by atoms with van der Waals surface area (Å²) in [6.45, 7) is 2.04. The molecule has 0 bridgehead atoms. The number of nitroso groups, excluding NO2 is 1. The van der Waals surface area contributed by atoms with Crippen molar-refractivity contribution in [3.8, 4) is 0 Å². The lowest BCUT2D eigenvalue weighted by Crippen LogP contribution is -2.39. The quantitative estimate of drug-likeness (QED) is 0.661.